The highest BCUT2D eigenvalue weighted by atomic mass is 35.5. The number of fused-ring (bicyclic) bond motifs is 3. The van der Waals surface area contributed by atoms with Crippen molar-refractivity contribution < 1.29 is 14.3 Å². The summed E-state index contributed by atoms with van der Waals surface area (Å²) in [4.78, 5) is 29.4. The first-order valence-corrected chi connectivity index (χ1v) is 13.4. The summed E-state index contributed by atoms with van der Waals surface area (Å²) in [6.07, 6.45) is 8.65. The number of nitrogens with zero attached hydrogens (tertiary/aromatic N) is 1. The van der Waals surface area contributed by atoms with Gasteiger partial charge in [0.2, 0.25) is 0 Å². The maximum Gasteiger partial charge on any atom is 0.256 e. The number of nitrogens with one attached hydrogen (secondary N) is 2. The number of carbonyl (C=O) groups is 2. The lowest BCUT2D eigenvalue weighted by Crippen LogP contribution is -2.48. The van der Waals surface area contributed by atoms with Crippen molar-refractivity contribution >= 4 is 29.0 Å². The minimum Gasteiger partial charge on any atom is -0.373 e. The third kappa shape index (κ3) is 5.01. The van der Waals surface area contributed by atoms with Gasteiger partial charge >= 0.3 is 0 Å². The van der Waals surface area contributed by atoms with Gasteiger partial charge < -0.3 is 20.3 Å². The van der Waals surface area contributed by atoms with Crippen LogP contribution in [0.3, 0.4) is 0 Å². The minimum absolute atomic E-state index is 0.0136. The third-order valence-electron chi connectivity index (χ3n) is 7.44. The van der Waals surface area contributed by atoms with Crippen LogP contribution in [0, 0.1) is 5.92 Å². The molecule has 3 aromatic carbocycles. The predicted octanol–water partition coefficient (Wildman–Crippen LogP) is 6.05. The van der Waals surface area contributed by atoms with Gasteiger partial charge in [-0.3, -0.25) is 9.59 Å². The number of ether oxygens (including phenoxy) is 1. The number of hydrogen-bond donors (Lipinski definition) is 2. The summed E-state index contributed by atoms with van der Waals surface area (Å²) in [7, 11) is 0. The van der Waals surface area contributed by atoms with E-state index in [1.807, 2.05) is 67.0 Å². The van der Waals surface area contributed by atoms with Crippen molar-refractivity contribution in [3.8, 4) is 11.1 Å². The van der Waals surface area contributed by atoms with E-state index in [0.717, 1.165) is 28.9 Å². The standard InChI is InChI=1S/C32H28ClN3O3/c33-29-17-23(35-32(38)26-11-5-4-10-25(26)21-7-2-1-3-8-21)13-14-27(29)31(37)28-12-6-9-22-18-34-19-24-20-39-16-15-36(24)30(22)28/h1-11,13-14,17-19,28,30,34H,12,15-16,20H2,(H,35,38)/t28?,30-/m1/s1. The first-order chi connectivity index (χ1) is 19.1. The van der Waals surface area contributed by atoms with Gasteiger partial charge in [-0.05, 0) is 47.4 Å². The Kier molecular flexibility index (Phi) is 7.05. The van der Waals surface area contributed by atoms with Crippen LogP contribution in [-0.4, -0.2) is 42.4 Å². The second-order valence-corrected chi connectivity index (χ2v) is 10.2. The van der Waals surface area contributed by atoms with Crippen molar-refractivity contribution in [2.45, 2.75) is 12.5 Å². The number of halogens is 1. The SMILES string of the molecule is O=C(Nc1ccc(C(=O)C2CC=CC3=CNC=C4COCCN4[C@H]32)c(Cl)c1)c1ccccc1-c1ccccc1. The number of morpholine rings is 1. The van der Waals surface area contributed by atoms with E-state index in [1.165, 1.54) is 0 Å². The molecule has 0 saturated carbocycles. The number of rotatable bonds is 5. The number of anilines is 1. The maximum absolute atomic E-state index is 13.9. The largest absolute Gasteiger partial charge is 0.373 e. The first-order valence-electron chi connectivity index (χ1n) is 13.1. The Balaban J connectivity index is 1.24. The monoisotopic (exact) mass is 537 g/mol. The fraction of sp³-hybridized carbons (Fsp3) is 0.188. The summed E-state index contributed by atoms with van der Waals surface area (Å²) in [6.45, 7) is 1.85. The van der Waals surface area contributed by atoms with Gasteiger partial charge in [0.15, 0.2) is 5.78 Å². The summed E-state index contributed by atoms with van der Waals surface area (Å²) in [5.74, 6) is -0.548. The molecule has 39 heavy (non-hydrogen) atoms. The molecule has 2 heterocycles. The van der Waals surface area contributed by atoms with E-state index in [1.54, 1.807) is 24.3 Å². The average molecular weight is 538 g/mol. The van der Waals surface area contributed by atoms with Crippen molar-refractivity contribution in [2.75, 3.05) is 25.1 Å². The van der Waals surface area contributed by atoms with E-state index >= 15 is 0 Å². The number of amides is 1. The predicted molar refractivity (Wildman–Crippen MR) is 153 cm³/mol. The van der Waals surface area contributed by atoms with E-state index in [-0.39, 0.29) is 23.7 Å². The van der Waals surface area contributed by atoms with Gasteiger partial charge in [0, 0.05) is 35.8 Å². The summed E-state index contributed by atoms with van der Waals surface area (Å²) in [5.41, 5.74) is 5.45. The molecule has 1 unspecified atom stereocenters. The highest BCUT2D eigenvalue weighted by Crippen LogP contribution is 2.36. The molecule has 0 radical (unpaired) electrons. The Morgan fingerprint density at radius 3 is 2.64 bits per heavy atom. The van der Waals surface area contributed by atoms with Crippen LogP contribution in [0.15, 0.2) is 109 Å². The van der Waals surface area contributed by atoms with Crippen molar-refractivity contribution in [3.63, 3.8) is 0 Å². The molecule has 1 fully saturated rings. The molecule has 7 heteroatoms. The summed E-state index contributed by atoms with van der Waals surface area (Å²) >= 11 is 6.68. The van der Waals surface area contributed by atoms with Crippen molar-refractivity contribution in [3.05, 3.63) is 125 Å². The molecule has 1 saturated heterocycles. The summed E-state index contributed by atoms with van der Waals surface area (Å²) in [5, 5.41) is 6.51. The molecule has 6 rings (SSSR count). The van der Waals surface area contributed by atoms with Gasteiger partial charge in [-0.1, -0.05) is 72.3 Å². The molecule has 0 spiro atoms. The van der Waals surface area contributed by atoms with Crippen LogP contribution >= 0.6 is 11.6 Å². The zero-order chi connectivity index (χ0) is 26.8. The minimum atomic E-state index is -0.293. The highest BCUT2D eigenvalue weighted by Gasteiger charge is 2.39. The molecule has 1 aliphatic carbocycles. The molecule has 2 aliphatic heterocycles. The zero-order valence-corrected chi connectivity index (χ0v) is 22.0. The lowest BCUT2D eigenvalue weighted by atomic mass is 9.79. The molecule has 3 aliphatic rings. The van der Waals surface area contributed by atoms with Crippen LogP contribution in [0.4, 0.5) is 5.69 Å². The molecule has 3 aromatic rings. The van der Waals surface area contributed by atoms with E-state index in [9.17, 15) is 9.59 Å². The number of Topliss-reactive ketones (excluding diaryl/α,β-unsaturated/α-hetero) is 1. The Hall–Kier alpha value is -4.13. The van der Waals surface area contributed by atoms with Crippen LogP contribution in [0.5, 0.6) is 0 Å². The number of ketones is 1. The lowest BCUT2D eigenvalue weighted by Gasteiger charge is -2.42. The fourth-order valence-corrected chi connectivity index (χ4v) is 5.85. The Morgan fingerprint density at radius 1 is 0.974 bits per heavy atom. The van der Waals surface area contributed by atoms with E-state index in [4.69, 9.17) is 16.3 Å². The molecule has 1 amide bonds. The molecule has 0 aromatic heterocycles. The summed E-state index contributed by atoms with van der Waals surface area (Å²) < 4.78 is 5.65. The quantitative estimate of drug-likeness (QED) is 0.388. The second kappa shape index (κ2) is 10.9. The molecular weight excluding hydrogens is 510 g/mol. The fourth-order valence-electron chi connectivity index (χ4n) is 5.58. The smallest absolute Gasteiger partial charge is 0.256 e. The number of hydrogen-bond acceptors (Lipinski definition) is 5. The van der Waals surface area contributed by atoms with Crippen LogP contribution in [0.25, 0.3) is 11.1 Å². The van der Waals surface area contributed by atoms with Gasteiger partial charge in [0.1, 0.15) is 0 Å². The lowest BCUT2D eigenvalue weighted by molar-refractivity contribution is 0.0455. The van der Waals surface area contributed by atoms with Gasteiger partial charge in [-0.15, -0.1) is 0 Å². The molecule has 6 nitrogen and oxygen atoms in total. The molecule has 2 N–H and O–H groups in total. The van der Waals surface area contributed by atoms with Crippen LogP contribution in [0.2, 0.25) is 5.02 Å². The van der Waals surface area contributed by atoms with Gasteiger partial charge in [0.25, 0.3) is 5.91 Å². The second-order valence-electron chi connectivity index (χ2n) is 9.81. The maximum atomic E-state index is 13.9. The Morgan fingerprint density at radius 2 is 1.79 bits per heavy atom. The molecule has 196 valence electrons. The number of carbonyl (C=O) groups excluding carboxylic acids is 2. The average Bonchev–Trinajstić information content (AvgIpc) is 3.17. The molecule has 0 bridgehead atoms. The van der Waals surface area contributed by atoms with Crippen LogP contribution < -0.4 is 10.6 Å². The van der Waals surface area contributed by atoms with E-state index in [0.29, 0.717) is 41.5 Å². The zero-order valence-electron chi connectivity index (χ0n) is 21.3. The molecule has 2 atom stereocenters. The Bertz CT molecular complexity index is 1510. The highest BCUT2D eigenvalue weighted by molar-refractivity contribution is 6.34. The van der Waals surface area contributed by atoms with Crippen molar-refractivity contribution in [1.29, 1.82) is 0 Å². The van der Waals surface area contributed by atoms with Gasteiger partial charge in [-0.2, -0.15) is 0 Å². The van der Waals surface area contributed by atoms with Crippen LogP contribution in [0.1, 0.15) is 27.1 Å². The van der Waals surface area contributed by atoms with Crippen molar-refractivity contribution in [1.82, 2.24) is 10.2 Å². The first kappa shape index (κ1) is 25.2. The number of benzene rings is 3. The van der Waals surface area contributed by atoms with E-state index < -0.39 is 0 Å². The van der Waals surface area contributed by atoms with Gasteiger partial charge in [-0.25, -0.2) is 0 Å². The summed E-state index contributed by atoms with van der Waals surface area (Å²) in [6, 6.07) is 22.3. The third-order valence-corrected chi connectivity index (χ3v) is 7.75. The number of allylic oxidation sites excluding steroid dienone is 1. The Labute approximate surface area is 232 Å². The molecular formula is C32H28ClN3O3. The van der Waals surface area contributed by atoms with E-state index in [2.05, 4.69) is 21.6 Å². The van der Waals surface area contributed by atoms with Crippen molar-refractivity contribution in [2.24, 2.45) is 5.92 Å². The normalized spacial score (nSPS) is 20.0. The van der Waals surface area contributed by atoms with Gasteiger partial charge in [0.05, 0.1) is 35.9 Å². The topological polar surface area (TPSA) is 70.7 Å². The van der Waals surface area contributed by atoms with Crippen LogP contribution in [-0.2, 0) is 4.74 Å².